The standard InChI is InChI=1S/C11H15ClN2O2/c1-3-7-16-14(2)10(15)8-9-5-4-6-13-11(9)12/h4-6H,3,7-8H2,1-2H3. The highest BCUT2D eigenvalue weighted by Gasteiger charge is 2.12. The van der Waals surface area contributed by atoms with Crippen LogP contribution in [0.4, 0.5) is 0 Å². The first-order valence-corrected chi connectivity index (χ1v) is 5.51. The highest BCUT2D eigenvalue weighted by molar-refractivity contribution is 6.30. The Balaban J connectivity index is 2.54. The summed E-state index contributed by atoms with van der Waals surface area (Å²) in [6.45, 7) is 2.51. The summed E-state index contributed by atoms with van der Waals surface area (Å²) in [4.78, 5) is 20.8. The molecule has 1 rings (SSSR count). The summed E-state index contributed by atoms with van der Waals surface area (Å²) in [5, 5.41) is 1.60. The van der Waals surface area contributed by atoms with Gasteiger partial charge in [-0.1, -0.05) is 24.6 Å². The van der Waals surface area contributed by atoms with Crippen LogP contribution in [0.3, 0.4) is 0 Å². The van der Waals surface area contributed by atoms with Crippen LogP contribution < -0.4 is 0 Å². The van der Waals surface area contributed by atoms with Gasteiger partial charge in [0.1, 0.15) is 5.15 Å². The lowest BCUT2D eigenvalue weighted by Crippen LogP contribution is -2.28. The molecule has 16 heavy (non-hydrogen) atoms. The predicted octanol–water partition coefficient (Wildman–Crippen LogP) is 2.08. The van der Waals surface area contributed by atoms with E-state index in [0.717, 1.165) is 6.42 Å². The van der Waals surface area contributed by atoms with Crippen molar-refractivity contribution in [2.45, 2.75) is 19.8 Å². The van der Waals surface area contributed by atoms with Crippen LogP contribution in [0.2, 0.25) is 5.15 Å². The van der Waals surface area contributed by atoms with Gasteiger partial charge in [0.05, 0.1) is 13.0 Å². The number of hydroxylamine groups is 2. The van der Waals surface area contributed by atoms with Crippen molar-refractivity contribution in [2.24, 2.45) is 0 Å². The number of halogens is 1. The molecule has 0 aliphatic rings. The molecule has 88 valence electrons. The van der Waals surface area contributed by atoms with Crippen molar-refractivity contribution in [3.63, 3.8) is 0 Å². The molecule has 0 saturated carbocycles. The molecule has 1 aromatic heterocycles. The van der Waals surface area contributed by atoms with Crippen LogP contribution in [0.5, 0.6) is 0 Å². The first-order valence-electron chi connectivity index (χ1n) is 5.14. The summed E-state index contributed by atoms with van der Waals surface area (Å²) >= 11 is 5.85. The number of hydrogen-bond acceptors (Lipinski definition) is 3. The van der Waals surface area contributed by atoms with Crippen molar-refractivity contribution in [3.05, 3.63) is 29.0 Å². The van der Waals surface area contributed by atoms with Crippen molar-refractivity contribution in [1.29, 1.82) is 0 Å². The highest BCUT2D eigenvalue weighted by Crippen LogP contribution is 2.12. The zero-order valence-corrected chi connectivity index (χ0v) is 10.2. The van der Waals surface area contributed by atoms with E-state index >= 15 is 0 Å². The maximum absolute atomic E-state index is 11.7. The molecule has 0 spiro atoms. The number of carbonyl (C=O) groups excluding carboxylic acids is 1. The predicted molar refractivity (Wildman–Crippen MR) is 62.0 cm³/mol. The van der Waals surface area contributed by atoms with E-state index in [4.69, 9.17) is 16.4 Å². The van der Waals surface area contributed by atoms with Crippen LogP contribution in [-0.4, -0.2) is 29.6 Å². The van der Waals surface area contributed by atoms with E-state index in [1.165, 1.54) is 5.06 Å². The van der Waals surface area contributed by atoms with E-state index in [2.05, 4.69) is 4.98 Å². The molecule has 0 bridgehead atoms. The topological polar surface area (TPSA) is 42.4 Å². The van der Waals surface area contributed by atoms with Gasteiger partial charge in [-0.15, -0.1) is 0 Å². The molecular formula is C11H15ClN2O2. The lowest BCUT2D eigenvalue weighted by molar-refractivity contribution is -0.177. The summed E-state index contributed by atoms with van der Waals surface area (Å²) in [7, 11) is 1.60. The van der Waals surface area contributed by atoms with Gasteiger partial charge in [0.2, 0.25) is 5.91 Å². The number of amides is 1. The minimum absolute atomic E-state index is 0.136. The normalized spacial score (nSPS) is 10.2. The lowest BCUT2D eigenvalue weighted by Gasteiger charge is -2.16. The summed E-state index contributed by atoms with van der Waals surface area (Å²) in [6.07, 6.45) is 2.66. The highest BCUT2D eigenvalue weighted by atomic mass is 35.5. The van der Waals surface area contributed by atoms with Crippen LogP contribution in [-0.2, 0) is 16.1 Å². The fourth-order valence-electron chi connectivity index (χ4n) is 1.13. The van der Waals surface area contributed by atoms with Crippen molar-refractivity contribution >= 4 is 17.5 Å². The van der Waals surface area contributed by atoms with E-state index in [1.54, 1.807) is 25.4 Å². The van der Waals surface area contributed by atoms with Gasteiger partial charge in [-0.3, -0.25) is 9.63 Å². The van der Waals surface area contributed by atoms with E-state index in [1.807, 2.05) is 6.92 Å². The largest absolute Gasteiger partial charge is 0.272 e. The molecule has 5 heteroatoms. The second-order valence-corrected chi connectivity index (χ2v) is 3.71. The van der Waals surface area contributed by atoms with Gasteiger partial charge in [-0.05, 0) is 18.1 Å². The van der Waals surface area contributed by atoms with E-state index < -0.39 is 0 Å². The third-order valence-corrected chi connectivity index (χ3v) is 2.36. The Hall–Kier alpha value is -1.13. The molecule has 0 aliphatic carbocycles. The number of nitrogens with zero attached hydrogens (tertiary/aromatic N) is 2. The Morgan fingerprint density at radius 1 is 1.62 bits per heavy atom. The Bertz CT molecular complexity index is 358. The fraction of sp³-hybridized carbons (Fsp3) is 0.455. The maximum atomic E-state index is 11.7. The lowest BCUT2D eigenvalue weighted by atomic mass is 10.2. The fourth-order valence-corrected chi connectivity index (χ4v) is 1.31. The number of hydrogen-bond donors (Lipinski definition) is 0. The minimum atomic E-state index is -0.136. The van der Waals surface area contributed by atoms with Crippen molar-refractivity contribution in [3.8, 4) is 0 Å². The molecule has 0 unspecified atom stereocenters. The number of carbonyl (C=O) groups is 1. The number of likely N-dealkylation sites (N-methyl/N-ethyl adjacent to an activating group) is 1. The van der Waals surface area contributed by atoms with Gasteiger partial charge in [0.15, 0.2) is 0 Å². The molecule has 1 heterocycles. The third-order valence-electron chi connectivity index (χ3n) is 2.02. The average molecular weight is 243 g/mol. The molecule has 0 atom stereocenters. The van der Waals surface area contributed by atoms with E-state index in [0.29, 0.717) is 17.3 Å². The molecule has 1 amide bonds. The molecule has 0 fully saturated rings. The number of pyridine rings is 1. The molecule has 1 aromatic rings. The second kappa shape index (κ2) is 6.45. The molecule has 4 nitrogen and oxygen atoms in total. The second-order valence-electron chi connectivity index (χ2n) is 3.35. The van der Waals surface area contributed by atoms with Gasteiger partial charge in [0, 0.05) is 13.2 Å². The monoisotopic (exact) mass is 242 g/mol. The molecular weight excluding hydrogens is 228 g/mol. The summed E-state index contributed by atoms with van der Waals surface area (Å²) in [5.41, 5.74) is 0.709. The first kappa shape index (κ1) is 12.9. The van der Waals surface area contributed by atoms with Crippen LogP contribution in [0.25, 0.3) is 0 Å². The van der Waals surface area contributed by atoms with Gasteiger partial charge in [-0.25, -0.2) is 10.0 Å². The molecule has 0 saturated heterocycles. The summed E-state index contributed by atoms with van der Waals surface area (Å²) in [5.74, 6) is -0.136. The van der Waals surface area contributed by atoms with E-state index in [-0.39, 0.29) is 12.3 Å². The quantitative estimate of drug-likeness (QED) is 0.587. The van der Waals surface area contributed by atoms with Crippen LogP contribution in [0, 0.1) is 0 Å². The third kappa shape index (κ3) is 3.79. The zero-order chi connectivity index (χ0) is 12.0. The van der Waals surface area contributed by atoms with Crippen molar-refractivity contribution in [1.82, 2.24) is 10.0 Å². The molecule has 0 N–H and O–H groups in total. The molecule has 0 aromatic carbocycles. The average Bonchev–Trinajstić information content (AvgIpc) is 2.28. The Kier molecular flexibility index (Phi) is 5.22. The van der Waals surface area contributed by atoms with E-state index in [9.17, 15) is 4.79 Å². The van der Waals surface area contributed by atoms with Gasteiger partial charge >= 0.3 is 0 Å². The van der Waals surface area contributed by atoms with Crippen molar-refractivity contribution < 1.29 is 9.63 Å². The Labute approximate surface area is 100 Å². The van der Waals surface area contributed by atoms with Gasteiger partial charge < -0.3 is 0 Å². The number of aromatic nitrogens is 1. The molecule has 0 aliphatic heterocycles. The van der Waals surface area contributed by atoms with Crippen molar-refractivity contribution in [2.75, 3.05) is 13.7 Å². The Morgan fingerprint density at radius 3 is 3.00 bits per heavy atom. The zero-order valence-electron chi connectivity index (χ0n) is 9.44. The smallest absolute Gasteiger partial charge is 0.250 e. The number of rotatable bonds is 5. The minimum Gasteiger partial charge on any atom is -0.272 e. The van der Waals surface area contributed by atoms with Gasteiger partial charge in [-0.2, -0.15) is 0 Å². The van der Waals surface area contributed by atoms with Crippen LogP contribution in [0.15, 0.2) is 18.3 Å². The Morgan fingerprint density at radius 2 is 2.38 bits per heavy atom. The van der Waals surface area contributed by atoms with Gasteiger partial charge in [0.25, 0.3) is 0 Å². The molecule has 0 radical (unpaired) electrons. The first-order chi connectivity index (χ1) is 7.65. The van der Waals surface area contributed by atoms with Crippen LogP contribution >= 0.6 is 11.6 Å². The van der Waals surface area contributed by atoms with Crippen LogP contribution in [0.1, 0.15) is 18.9 Å². The SMILES string of the molecule is CCCON(C)C(=O)Cc1cccnc1Cl. The summed E-state index contributed by atoms with van der Waals surface area (Å²) < 4.78 is 0. The summed E-state index contributed by atoms with van der Waals surface area (Å²) in [6, 6.07) is 3.53. The maximum Gasteiger partial charge on any atom is 0.250 e.